The average Bonchev–Trinajstić information content (AvgIpc) is 2.09. The number of hydrogen-bond donors (Lipinski definition) is 1. The fourth-order valence-corrected chi connectivity index (χ4v) is 0.456. The molecule has 0 aromatic heterocycles. The van der Waals surface area contributed by atoms with Gasteiger partial charge in [-0.2, -0.15) is 0 Å². The summed E-state index contributed by atoms with van der Waals surface area (Å²) in [5.74, 6) is -1.04. The summed E-state index contributed by atoms with van der Waals surface area (Å²) in [6.45, 7) is -5.81. The lowest BCUT2D eigenvalue weighted by Crippen LogP contribution is -1.74. The van der Waals surface area contributed by atoms with E-state index in [2.05, 4.69) is 0 Å². The molecule has 1 heteroatoms. The monoisotopic (exact) mass is 131 g/mol. The molecule has 48 valence electrons. The van der Waals surface area contributed by atoms with Crippen LogP contribution in [0.5, 0.6) is 5.75 Å². The zero-order valence-corrected chi connectivity index (χ0v) is 4.45. The smallest absolute Gasteiger partial charge is 0.116 e. The summed E-state index contributed by atoms with van der Waals surface area (Å²) in [4.78, 5) is 0. The summed E-state index contributed by atoms with van der Waals surface area (Å²) in [7, 11) is 0. The van der Waals surface area contributed by atoms with E-state index in [4.69, 9.17) is 12.3 Å². The first kappa shape index (κ1) is 1.36. The Kier molecular flexibility index (Phi) is 0.318. The summed E-state index contributed by atoms with van der Waals surface area (Å²) in [5.41, 5.74) is -1.72. The third kappa shape index (κ3) is 1.46. The first-order chi connectivity index (χ1) is 7.89. The maximum Gasteiger partial charge on any atom is 0.116 e. The molecule has 0 fully saturated rings. The van der Waals surface area contributed by atoms with Crippen LogP contribution in [0.15, 0.2) is 18.1 Å². The average molecular weight is 131 g/mol. The maximum absolute atomic E-state index is 9.46. The van der Waals surface area contributed by atoms with Crippen LogP contribution in [0.25, 0.3) is 0 Å². The normalized spacial score (nSPS) is 26.9. The van der Waals surface area contributed by atoms with E-state index < -0.39 is 48.7 Å². The van der Waals surface area contributed by atoms with Crippen molar-refractivity contribution in [3.63, 3.8) is 0 Å². The fourth-order valence-electron chi connectivity index (χ4n) is 0.456. The van der Waals surface area contributed by atoms with Crippen LogP contribution in [-0.2, 0) is 0 Å². The molecule has 1 N–H and O–H groups in total. The van der Waals surface area contributed by atoms with Gasteiger partial charge in [-0.3, -0.25) is 0 Å². The summed E-state index contributed by atoms with van der Waals surface area (Å²) >= 11 is 0. The van der Waals surface area contributed by atoms with Gasteiger partial charge in [0.05, 0.1) is 4.11 Å². The Morgan fingerprint density at radius 2 is 1.89 bits per heavy atom. The topological polar surface area (TPSA) is 20.2 Å². The van der Waals surface area contributed by atoms with Crippen LogP contribution in [0.2, 0.25) is 0 Å². The number of aromatic hydroxyl groups is 1. The highest BCUT2D eigenvalue weighted by molar-refractivity contribution is 5.31. The molecule has 0 saturated heterocycles. The Balaban J connectivity index is 3.83. The second kappa shape index (κ2) is 2.09. The van der Waals surface area contributed by atoms with Crippen LogP contribution < -0.4 is 0 Å². The second-order valence-corrected chi connectivity index (χ2v) is 1.47. The van der Waals surface area contributed by atoms with Crippen molar-refractivity contribution in [3.05, 3.63) is 29.3 Å². The van der Waals surface area contributed by atoms with E-state index in [-0.39, 0.29) is 0 Å². The zero-order chi connectivity index (χ0) is 14.5. The predicted molar refractivity (Wildman–Crippen MR) is 37.6 cm³/mol. The number of phenolic OH excluding ortho intramolecular Hbond substituents is 1. The van der Waals surface area contributed by atoms with Crippen molar-refractivity contribution in [2.75, 3.05) is 0 Å². The van der Waals surface area contributed by atoms with Gasteiger partial charge >= 0.3 is 0 Å². The van der Waals surface area contributed by atoms with Gasteiger partial charge in [0.2, 0.25) is 0 Å². The largest absolute Gasteiger partial charge is 0.508 e. The lowest BCUT2D eigenvalue weighted by atomic mass is 10.1. The minimum atomic E-state index is -2.90. The van der Waals surface area contributed by atoms with E-state index in [9.17, 15) is 5.11 Å². The van der Waals surface area contributed by atoms with Crippen molar-refractivity contribution in [3.8, 4) is 5.75 Å². The van der Waals surface area contributed by atoms with Crippen molar-refractivity contribution in [2.45, 2.75) is 13.7 Å². The van der Waals surface area contributed by atoms with Crippen LogP contribution in [0, 0.1) is 13.7 Å². The van der Waals surface area contributed by atoms with E-state index >= 15 is 0 Å². The Hall–Kier alpha value is -0.980. The summed E-state index contributed by atoms with van der Waals surface area (Å²) < 4.78 is 65.3. The van der Waals surface area contributed by atoms with Gasteiger partial charge < -0.3 is 5.11 Å². The maximum atomic E-state index is 9.46. The molecular formula is C8H10O. The molecule has 1 aromatic rings. The van der Waals surface area contributed by atoms with Crippen LogP contribution >= 0.6 is 0 Å². The third-order valence-electron chi connectivity index (χ3n) is 0.737. The minimum Gasteiger partial charge on any atom is -0.508 e. The number of benzene rings is 1. The fraction of sp³-hybridized carbons (Fsp3) is 0.250. The Morgan fingerprint density at radius 3 is 2.33 bits per heavy atom. The number of phenols is 1. The molecule has 0 spiro atoms. The third-order valence-corrected chi connectivity index (χ3v) is 0.737. The van der Waals surface area contributed by atoms with Crippen LogP contribution in [0.4, 0.5) is 0 Å². The molecule has 0 heterocycles. The molecule has 0 amide bonds. The van der Waals surface area contributed by atoms with Crippen molar-refractivity contribution in [2.24, 2.45) is 0 Å². The molecule has 1 aromatic carbocycles. The first-order valence-electron chi connectivity index (χ1n) is 6.72. The molecule has 0 aliphatic carbocycles. The highest BCUT2D eigenvalue weighted by Crippen LogP contribution is 2.13. The van der Waals surface area contributed by atoms with Crippen molar-refractivity contribution >= 4 is 0 Å². The van der Waals surface area contributed by atoms with Crippen LogP contribution in [0.3, 0.4) is 0 Å². The summed E-state index contributed by atoms with van der Waals surface area (Å²) in [6, 6.07) is -2.72. The van der Waals surface area contributed by atoms with Crippen LogP contribution in [-0.4, -0.2) is 5.11 Å². The van der Waals surface area contributed by atoms with Gasteiger partial charge in [0.25, 0.3) is 0 Å². The Morgan fingerprint density at radius 1 is 1.33 bits per heavy atom. The lowest BCUT2D eigenvalue weighted by Gasteiger charge is -1.95. The molecular weight excluding hydrogens is 112 g/mol. The van der Waals surface area contributed by atoms with E-state index in [1.165, 1.54) is 0 Å². The van der Waals surface area contributed by atoms with Crippen molar-refractivity contribution < 1.29 is 17.4 Å². The standard InChI is InChI=1S/C8H10O/c1-6-3-7(2)5-8(9)4-6/h3-5,9H,1-2H3/i1D3,2D3,3D,4D,5D. The highest BCUT2D eigenvalue weighted by atomic mass is 16.3. The number of rotatable bonds is 0. The molecule has 0 atom stereocenters. The van der Waals surface area contributed by atoms with E-state index in [1.807, 2.05) is 0 Å². The van der Waals surface area contributed by atoms with Crippen molar-refractivity contribution in [1.29, 1.82) is 0 Å². The summed E-state index contributed by atoms with van der Waals surface area (Å²) in [5, 5.41) is 9.46. The van der Waals surface area contributed by atoms with Gasteiger partial charge in [0.1, 0.15) is 5.75 Å². The Bertz CT molecular complexity index is 444. The van der Waals surface area contributed by atoms with Gasteiger partial charge in [0, 0.05) is 8.22 Å². The van der Waals surface area contributed by atoms with Gasteiger partial charge in [-0.25, -0.2) is 0 Å². The molecule has 0 radical (unpaired) electrons. The predicted octanol–water partition coefficient (Wildman–Crippen LogP) is 2.01. The Labute approximate surface area is 67.6 Å². The molecule has 0 aliphatic heterocycles. The lowest BCUT2D eigenvalue weighted by molar-refractivity contribution is 0.474. The van der Waals surface area contributed by atoms with E-state index in [1.54, 1.807) is 0 Å². The quantitative estimate of drug-likeness (QED) is 0.571. The van der Waals surface area contributed by atoms with Gasteiger partial charge in [-0.1, -0.05) is 6.04 Å². The molecule has 0 unspecified atom stereocenters. The molecule has 0 aliphatic rings. The molecule has 1 rings (SSSR count). The van der Waals surface area contributed by atoms with Gasteiger partial charge in [-0.05, 0) is 36.9 Å². The van der Waals surface area contributed by atoms with Gasteiger partial charge in [-0.15, -0.1) is 0 Å². The van der Waals surface area contributed by atoms with Gasteiger partial charge in [0.15, 0.2) is 0 Å². The number of hydrogen-bond acceptors (Lipinski definition) is 1. The summed E-state index contributed by atoms with van der Waals surface area (Å²) in [6.07, 6.45) is 0. The van der Waals surface area contributed by atoms with Crippen LogP contribution in [0.1, 0.15) is 23.5 Å². The zero-order valence-electron chi connectivity index (χ0n) is 13.4. The van der Waals surface area contributed by atoms with E-state index in [0.29, 0.717) is 0 Å². The molecule has 1 nitrogen and oxygen atoms in total. The molecule has 9 heavy (non-hydrogen) atoms. The van der Waals surface area contributed by atoms with E-state index in [0.717, 1.165) is 0 Å². The second-order valence-electron chi connectivity index (χ2n) is 1.47. The SMILES string of the molecule is [2H]c1c(O)c([2H])c(C([2H])([2H])[2H])c([2H])c1C([2H])([2H])[2H]. The molecule has 0 bridgehead atoms. The molecule has 0 saturated carbocycles. The highest BCUT2D eigenvalue weighted by Gasteiger charge is 1.89. The van der Waals surface area contributed by atoms with Crippen molar-refractivity contribution in [1.82, 2.24) is 0 Å². The minimum absolute atomic E-state index is 0.859. The first-order valence-corrected chi connectivity index (χ1v) is 2.22.